The number of nitrogens with one attached hydrogen (secondary N) is 2. The van der Waals surface area contributed by atoms with Crippen molar-refractivity contribution in [3.05, 3.63) is 46.5 Å². The van der Waals surface area contributed by atoms with Crippen molar-refractivity contribution in [2.24, 2.45) is 4.99 Å². The average molecular weight is 536 g/mol. The van der Waals surface area contributed by atoms with E-state index in [1.165, 1.54) is 0 Å². The summed E-state index contributed by atoms with van der Waals surface area (Å²) in [6, 6.07) is 9.31. The Kier molecular flexibility index (Phi) is 10.7. The lowest BCUT2D eigenvalue weighted by atomic mass is 10.1. The second kappa shape index (κ2) is 12.5. The number of halogens is 2. The van der Waals surface area contributed by atoms with Gasteiger partial charge in [0, 0.05) is 30.7 Å². The van der Waals surface area contributed by atoms with Crippen molar-refractivity contribution < 1.29 is 18.9 Å². The van der Waals surface area contributed by atoms with E-state index in [2.05, 4.69) is 15.6 Å². The van der Waals surface area contributed by atoms with Crippen LogP contribution in [-0.4, -0.2) is 41.4 Å². The Hall–Kier alpha value is -2.07. The lowest BCUT2D eigenvalue weighted by Crippen LogP contribution is -2.36. The minimum absolute atomic E-state index is 0. The van der Waals surface area contributed by atoms with Crippen molar-refractivity contribution >= 4 is 41.5 Å². The zero-order valence-corrected chi connectivity index (χ0v) is 20.3. The van der Waals surface area contributed by atoms with Crippen molar-refractivity contribution in [2.45, 2.75) is 13.1 Å². The molecule has 2 aromatic carbocycles. The van der Waals surface area contributed by atoms with Crippen LogP contribution in [0.5, 0.6) is 23.0 Å². The fourth-order valence-electron chi connectivity index (χ4n) is 2.69. The molecule has 2 N–H and O–H groups in total. The SMILES string of the molecule is CN=C(NCc1cc(OC)c(OC)c(OC)c1)NCc1ccc(Cl)cc1OC.I. The maximum absolute atomic E-state index is 6.01. The fourth-order valence-corrected chi connectivity index (χ4v) is 2.85. The normalized spacial score (nSPS) is 10.6. The molecule has 0 radical (unpaired) electrons. The summed E-state index contributed by atoms with van der Waals surface area (Å²) in [6.45, 7) is 1.06. The highest BCUT2D eigenvalue weighted by molar-refractivity contribution is 14.0. The lowest BCUT2D eigenvalue weighted by molar-refractivity contribution is 0.323. The van der Waals surface area contributed by atoms with E-state index >= 15 is 0 Å². The Labute approximate surface area is 193 Å². The van der Waals surface area contributed by atoms with Crippen LogP contribution >= 0.6 is 35.6 Å². The molecule has 0 fully saturated rings. The molecule has 7 nitrogen and oxygen atoms in total. The number of ether oxygens (including phenoxy) is 4. The van der Waals surface area contributed by atoms with Gasteiger partial charge >= 0.3 is 0 Å². The van der Waals surface area contributed by atoms with Crippen LogP contribution in [0.3, 0.4) is 0 Å². The predicted octanol–water partition coefficient (Wildman–Crippen LogP) is 3.86. The molecule has 29 heavy (non-hydrogen) atoms. The zero-order chi connectivity index (χ0) is 20.5. The average Bonchev–Trinajstić information content (AvgIpc) is 2.73. The molecule has 0 aromatic heterocycles. The Morgan fingerprint density at radius 3 is 1.97 bits per heavy atom. The van der Waals surface area contributed by atoms with Crippen molar-refractivity contribution in [1.82, 2.24) is 10.6 Å². The van der Waals surface area contributed by atoms with Crippen LogP contribution in [0.1, 0.15) is 11.1 Å². The molecule has 2 rings (SSSR count). The topological polar surface area (TPSA) is 73.3 Å². The first-order valence-corrected chi connectivity index (χ1v) is 8.99. The number of rotatable bonds is 8. The number of guanidine groups is 1. The van der Waals surface area contributed by atoms with Crippen LogP contribution in [0.2, 0.25) is 5.02 Å². The van der Waals surface area contributed by atoms with Crippen LogP contribution in [0.25, 0.3) is 0 Å². The third kappa shape index (κ3) is 6.74. The number of methoxy groups -OCH3 is 4. The van der Waals surface area contributed by atoms with Gasteiger partial charge in [-0.3, -0.25) is 4.99 Å². The Bertz CT molecular complexity index is 808. The second-order valence-corrected chi connectivity index (χ2v) is 6.21. The van der Waals surface area contributed by atoms with E-state index in [4.69, 9.17) is 30.5 Å². The van der Waals surface area contributed by atoms with Gasteiger partial charge in [0.2, 0.25) is 5.75 Å². The van der Waals surface area contributed by atoms with Crippen molar-refractivity contribution in [3.8, 4) is 23.0 Å². The van der Waals surface area contributed by atoms with Gasteiger partial charge in [-0.15, -0.1) is 24.0 Å². The molecular formula is C20H27ClIN3O4. The van der Waals surface area contributed by atoms with Gasteiger partial charge in [-0.1, -0.05) is 17.7 Å². The largest absolute Gasteiger partial charge is 0.496 e. The summed E-state index contributed by atoms with van der Waals surface area (Å²) in [7, 11) is 8.09. The quantitative estimate of drug-likeness (QED) is 0.304. The molecule has 0 unspecified atom stereocenters. The van der Waals surface area contributed by atoms with Crippen LogP contribution < -0.4 is 29.6 Å². The number of hydrogen-bond donors (Lipinski definition) is 2. The third-order valence-corrected chi connectivity index (χ3v) is 4.34. The van der Waals surface area contributed by atoms with E-state index in [9.17, 15) is 0 Å². The van der Waals surface area contributed by atoms with Crippen LogP contribution in [-0.2, 0) is 13.1 Å². The lowest BCUT2D eigenvalue weighted by Gasteiger charge is -2.16. The molecule has 0 heterocycles. The molecular weight excluding hydrogens is 509 g/mol. The summed E-state index contributed by atoms with van der Waals surface area (Å²) in [5, 5.41) is 7.15. The van der Waals surface area contributed by atoms with E-state index in [1.54, 1.807) is 41.6 Å². The van der Waals surface area contributed by atoms with Crippen molar-refractivity contribution in [2.75, 3.05) is 35.5 Å². The van der Waals surface area contributed by atoms with E-state index < -0.39 is 0 Å². The summed E-state index contributed by atoms with van der Waals surface area (Å²) in [5.74, 6) is 3.14. The molecule has 0 atom stereocenters. The van der Waals surface area contributed by atoms with E-state index in [1.807, 2.05) is 24.3 Å². The monoisotopic (exact) mass is 535 g/mol. The third-order valence-electron chi connectivity index (χ3n) is 4.10. The Morgan fingerprint density at radius 2 is 1.45 bits per heavy atom. The first-order valence-electron chi connectivity index (χ1n) is 8.62. The predicted molar refractivity (Wildman–Crippen MR) is 127 cm³/mol. The summed E-state index contributed by atoms with van der Waals surface area (Å²) in [6.07, 6.45) is 0. The van der Waals surface area contributed by atoms with Gasteiger partial charge in [-0.2, -0.15) is 0 Å². The number of benzene rings is 2. The van der Waals surface area contributed by atoms with Crippen molar-refractivity contribution in [1.29, 1.82) is 0 Å². The number of nitrogens with zero attached hydrogens (tertiary/aromatic N) is 1. The van der Waals surface area contributed by atoms with Crippen LogP contribution in [0.15, 0.2) is 35.3 Å². The molecule has 0 amide bonds. The molecule has 0 saturated carbocycles. The van der Waals surface area contributed by atoms with Gasteiger partial charge in [0.25, 0.3) is 0 Å². The summed E-state index contributed by atoms with van der Waals surface area (Å²) in [4.78, 5) is 4.25. The molecule has 0 saturated heterocycles. The van der Waals surface area contributed by atoms with Gasteiger partial charge in [-0.05, 0) is 29.8 Å². The van der Waals surface area contributed by atoms with E-state index in [-0.39, 0.29) is 24.0 Å². The van der Waals surface area contributed by atoms with Crippen LogP contribution in [0.4, 0.5) is 0 Å². The standard InChI is InChI=1S/C20H26ClN3O4.HI/c1-22-20(24-12-14-6-7-15(21)10-16(14)25-2)23-11-13-8-17(26-3)19(28-5)18(9-13)27-4;/h6-10H,11-12H2,1-5H3,(H2,22,23,24);1H. The second-order valence-electron chi connectivity index (χ2n) is 5.77. The number of hydrogen-bond acceptors (Lipinski definition) is 5. The smallest absolute Gasteiger partial charge is 0.203 e. The van der Waals surface area contributed by atoms with E-state index in [0.717, 1.165) is 16.9 Å². The maximum atomic E-state index is 6.01. The molecule has 0 aliphatic carbocycles. The summed E-state index contributed by atoms with van der Waals surface area (Å²) >= 11 is 6.01. The molecule has 9 heteroatoms. The first-order chi connectivity index (χ1) is 13.6. The summed E-state index contributed by atoms with van der Waals surface area (Å²) in [5.41, 5.74) is 1.93. The first kappa shape index (κ1) is 25.0. The summed E-state index contributed by atoms with van der Waals surface area (Å²) < 4.78 is 21.5. The molecule has 160 valence electrons. The van der Waals surface area contributed by atoms with Gasteiger partial charge < -0.3 is 29.6 Å². The zero-order valence-electron chi connectivity index (χ0n) is 17.2. The van der Waals surface area contributed by atoms with Gasteiger partial charge in [0.1, 0.15) is 5.75 Å². The van der Waals surface area contributed by atoms with Gasteiger partial charge in [-0.25, -0.2) is 0 Å². The highest BCUT2D eigenvalue weighted by atomic mass is 127. The maximum Gasteiger partial charge on any atom is 0.203 e. The highest BCUT2D eigenvalue weighted by Crippen LogP contribution is 2.38. The Balaban J connectivity index is 0.00000420. The molecule has 0 spiro atoms. The molecule has 0 aliphatic rings. The van der Waals surface area contributed by atoms with Crippen LogP contribution in [0, 0.1) is 0 Å². The molecule has 0 bridgehead atoms. The molecule has 2 aromatic rings. The van der Waals surface area contributed by atoms with Gasteiger partial charge in [0.15, 0.2) is 17.5 Å². The molecule has 0 aliphatic heterocycles. The Morgan fingerprint density at radius 1 is 0.862 bits per heavy atom. The minimum Gasteiger partial charge on any atom is -0.496 e. The fraction of sp³-hybridized carbons (Fsp3) is 0.350. The minimum atomic E-state index is 0. The van der Waals surface area contributed by atoms with E-state index in [0.29, 0.717) is 41.3 Å². The van der Waals surface area contributed by atoms with Crippen molar-refractivity contribution in [3.63, 3.8) is 0 Å². The highest BCUT2D eigenvalue weighted by Gasteiger charge is 2.13. The number of aliphatic imine (C=N–C) groups is 1. The van der Waals surface area contributed by atoms with Gasteiger partial charge in [0.05, 0.1) is 28.4 Å².